The summed E-state index contributed by atoms with van der Waals surface area (Å²) >= 11 is 1.21. The zero-order valence-corrected chi connectivity index (χ0v) is 16.1. The molecule has 0 fully saturated rings. The topological polar surface area (TPSA) is 74.2 Å². The molecule has 1 amide bonds. The van der Waals surface area contributed by atoms with Crippen molar-refractivity contribution in [1.29, 1.82) is 0 Å². The molecule has 1 heterocycles. The lowest BCUT2D eigenvalue weighted by Crippen LogP contribution is -2.12. The van der Waals surface area contributed by atoms with E-state index in [0.29, 0.717) is 16.4 Å². The van der Waals surface area contributed by atoms with Gasteiger partial charge in [-0.25, -0.2) is 4.98 Å². The lowest BCUT2D eigenvalue weighted by molar-refractivity contribution is -0.137. The number of aliphatic hydroxyl groups is 1. The Morgan fingerprint density at radius 2 is 1.86 bits per heavy atom. The highest BCUT2D eigenvalue weighted by molar-refractivity contribution is 7.14. The minimum absolute atomic E-state index is 0.000458. The number of hydrogen-bond donors (Lipinski definition) is 3. The van der Waals surface area contributed by atoms with Gasteiger partial charge in [-0.3, -0.25) is 10.1 Å². The van der Waals surface area contributed by atoms with Crippen molar-refractivity contribution < 1.29 is 23.1 Å². The van der Waals surface area contributed by atoms with Crippen LogP contribution in [-0.2, 0) is 12.7 Å². The fraction of sp³-hybridized carbons (Fsp3) is 0.200. The Kier molecular flexibility index (Phi) is 6.19. The largest absolute Gasteiger partial charge is 0.418 e. The molecule has 0 radical (unpaired) electrons. The molecular formula is C20H18F3N3O2S. The number of amides is 1. The normalized spacial score (nSPS) is 12.4. The fourth-order valence-corrected chi connectivity index (χ4v) is 3.35. The van der Waals surface area contributed by atoms with Gasteiger partial charge in [0.1, 0.15) is 0 Å². The second-order valence-corrected chi connectivity index (χ2v) is 7.16. The van der Waals surface area contributed by atoms with Gasteiger partial charge in [0.25, 0.3) is 5.91 Å². The van der Waals surface area contributed by atoms with E-state index in [9.17, 15) is 23.1 Å². The van der Waals surface area contributed by atoms with Crippen LogP contribution in [0.15, 0.2) is 53.9 Å². The van der Waals surface area contributed by atoms with Crippen LogP contribution in [0.3, 0.4) is 0 Å². The fourth-order valence-electron chi connectivity index (χ4n) is 2.56. The summed E-state index contributed by atoms with van der Waals surface area (Å²) in [5.74, 6) is -0.363. The number of alkyl halides is 3. The molecule has 152 valence electrons. The number of rotatable bonds is 6. The summed E-state index contributed by atoms with van der Waals surface area (Å²) < 4.78 is 39.1. The number of carbonyl (C=O) groups excluding carboxylic acids is 1. The van der Waals surface area contributed by atoms with E-state index in [1.807, 2.05) is 0 Å². The third kappa shape index (κ3) is 5.33. The van der Waals surface area contributed by atoms with Crippen LogP contribution in [0, 0.1) is 0 Å². The highest BCUT2D eigenvalue weighted by atomic mass is 32.1. The molecule has 1 atom stereocenters. The molecule has 3 N–H and O–H groups in total. The highest BCUT2D eigenvalue weighted by Gasteiger charge is 2.33. The van der Waals surface area contributed by atoms with E-state index < -0.39 is 17.8 Å². The zero-order valence-electron chi connectivity index (χ0n) is 15.3. The van der Waals surface area contributed by atoms with Crippen molar-refractivity contribution in [3.63, 3.8) is 0 Å². The molecule has 0 bridgehead atoms. The average molecular weight is 421 g/mol. The lowest BCUT2D eigenvalue weighted by Gasteiger charge is -2.14. The first-order valence-corrected chi connectivity index (χ1v) is 9.56. The van der Waals surface area contributed by atoms with Gasteiger partial charge >= 0.3 is 6.18 Å². The standard InChI is InChI=1S/C20H18F3N3O2S/c1-12(27)17-11-29-19(25-17)26-18(28)14-8-6-13(7-9-14)10-24-16-5-3-2-4-15(16)20(21,22)23/h2-9,11-12,24,27H,10H2,1H3,(H,25,26,28). The number of nitrogens with one attached hydrogen (secondary N) is 2. The van der Waals surface area contributed by atoms with Crippen LogP contribution in [0.4, 0.5) is 24.0 Å². The molecule has 0 saturated carbocycles. The number of nitrogens with zero attached hydrogens (tertiary/aromatic N) is 1. The number of aliphatic hydroxyl groups excluding tert-OH is 1. The molecule has 3 rings (SSSR count). The van der Waals surface area contributed by atoms with Gasteiger partial charge in [0.15, 0.2) is 5.13 Å². The Morgan fingerprint density at radius 3 is 2.48 bits per heavy atom. The van der Waals surface area contributed by atoms with E-state index in [2.05, 4.69) is 15.6 Å². The zero-order chi connectivity index (χ0) is 21.0. The van der Waals surface area contributed by atoms with Crippen LogP contribution in [0.1, 0.15) is 40.2 Å². The molecule has 0 aliphatic rings. The molecule has 9 heteroatoms. The molecule has 2 aromatic carbocycles. The predicted octanol–water partition coefficient (Wildman–Crippen LogP) is 5.08. The molecule has 5 nitrogen and oxygen atoms in total. The predicted molar refractivity (Wildman–Crippen MR) is 106 cm³/mol. The monoisotopic (exact) mass is 421 g/mol. The number of para-hydroxylation sites is 1. The first kappa shape index (κ1) is 20.8. The van der Waals surface area contributed by atoms with E-state index in [0.717, 1.165) is 11.6 Å². The average Bonchev–Trinajstić information content (AvgIpc) is 3.15. The van der Waals surface area contributed by atoms with Crippen molar-refractivity contribution in [3.8, 4) is 0 Å². The number of carbonyl (C=O) groups is 1. The molecule has 3 aromatic rings. The van der Waals surface area contributed by atoms with Gasteiger partial charge in [-0.05, 0) is 36.8 Å². The Morgan fingerprint density at radius 1 is 1.17 bits per heavy atom. The number of hydrogen-bond acceptors (Lipinski definition) is 5. The quantitative estimate of drug-likeness (QED) is 0.519. The van der Waals surface area contributed by atoms with Gasteiger partial charge in [0, 0.05) is 23.2 Å². The summed E-state index contributed by atoms with van der Waals surface area (Å²) in [7, 11) is 0. The van der Waals surface area contributed by atoms with Crippen LogP contribution in [0.25, 0.3) is 0 Å². The van der Waals surface area contributed by atoms with Gasteiger partial charge in [0.05, 0.1) is 17.4 Å². The molecule has 1 aromatic heterocycles. The van der Waals surface area contributed by atoms with Gasteiger partial charge in [-0.15, -0.1) is 11.3 Å². The van der Waals surface area contributed by atoms with Crippen molar-refractivity contribution in [2.24, 2.45) is 0 Å². The third-order valence-electron chi connectivity index (χ3n) is 4.10. The highest BCUT2D eigenvalue weighted by Crippen LogP contribution is 2.34. The summed E-state index contributed by atoms with van der Waals surface area (Å²) in [5, 5.41) is 16.9. The van der Waals surface area contributed by atoms with Crippen molar-refractivity contribution in [2.75, 3.05) is 10.6 Å². The van der Waals surface area contributed by atoms with Crippen LogP contribution < -0.4 is 10.6 Å². The number of benzene rings is 2. The van der Waals surface area contributed by atoms with Crippen LogP contribution in [0.5, 0.6) is 0 Å². The van der Waals surface area contributed by atoms with Gasteiger partial charge in [-0.1, -0.05) is 24.3 Å². The molecular weight excluding hydrogens is 403 g/mol. The van der Waals surface area contributed by atoms with E-state index in [1.54, 1.807) is 36.6 Å². The second-order valence-electron chi connectivity index (χ2n) is 6.30. The summed E-state index contributed by atoms with van der Waals surface area (Å²) in [6.07, 6.45) is -5.15. The smallest absolute Gasteiger partial charge is 0.387 e. The summed E-state index contributed by atoms with van der Waals surface area (Å²) in [6.45, 7) is 1.76. The van der Waals surface area contributed by atoms with Crippen LogP contribution >= 0.6 is 11.3 Å². The van der Waals surface area contributed by atoms with E-state index in [4.69, 9.17) is 0 Å². The van der Waals surface area contributed by atoms with Crippen LogP contribution in [-0.4, -0.2) is 16.0 Å². The lowest BCUT2D eigenvalue weighted by atomic mass is 10.1. The molecule has 29 heavy (non-hydrogen) atoms. The molecule has 0 spiro atoms. The SMILES string of the molecule is CC(O)c1csc(NC(=O)c2ccc(CNc3ccccc3C(F)(F)F)cc2)n1. The first-order chi connectivity index (χ1) is 13.7. The summed E-state index contributed by atoms with van der Waals surface area (Å²) in [4.78, 5) is 16.4. The maximum Gasteiger partial charge on any atom is 0.418 e. The van der Waals surface area contributed by atoms with Gasteiger partial charge < -0.3 is 10.4 Å². The van der Waals surface area contributed by atoms with E-state index in [-0.39, 0.29) is 18.1 Å². The van der Waals surface area contributed by atoms with Crippen LogP contribution in [0.2, 0.25) is 0 Å². The number of aromatic nitrogens is 1. The Bertz CT molecular complexity index is 985. The maximum absolute atomic E-state index is 13.0. The Balaban J connectivity index is 1.62. The number of thiazole rings is 1. The molecule has 0 aliphatic heterocycles. The summed E-state index contributed by atoms with van der Waals surface area (Å²) in [6, 6.07) is 11.8. The van der Waals surface area contributed by atoms with Crippen molar-refractivity contribution in [2.45, 2.75) is 25.7 Å². The molecule has 0 saturated heterocycles. The van der Waals surface area contributed by atoms with E-state index in [1.165, 1.54) is 29.5 Å². The third-order valence-corrected chi connectivity index (χ3v) is 4.88. The van der Waals surface area contributed by atoms with Crippen molar-refractivity contribution in [3.05, 3.63) is 76.3 Å². The molecule has 0 aliphatic carbocycles. The van der Waals surface area contributed by atoms with Gasteiger partial charge in [0.2, 0.25) is 0 Å². The minimum Gasteiger partial charge on any atom is -0.387 e. The van der Waals surface area contributed by atoms with Crippen molar-refractivity contribution >= 4 is 28.1 Å². The Labute approximate surface area is 169 Å². The van der Waals surface area contributed by atoms with Gasteiger partial charge in [-0.2, -0.15) is 13.2 Å². The minimum atomic E-state index is -4.44. The van der Waals surface area contributed by atoms with E-state index >= 15 is 0 Å². The molecule has 1 unspecified atom stereocenters. The number of halogens is 3. The second kappa shape index (κ2) is 8.62. The number of anilines is 2. The first-order valence-electron chi connectivity index (χ1n) is 8.68. The maximum atomic E-state index is 13.0. The van der Waals surface area contributed by atoms with Crippen molar-refractivity contribution in [1.82, 2.24) is 4.98 Å². The Hall–Kier alpha value is -2.91. The summed E-state index contributed by atoms with van der Waals surface area (Å²) in [5.41, 5.74) is 0.865.